The number of nitrogens with zero attached hydrogens (tertiary/aromatic N) is 1. The van der Waals surface area contributed by atoms with Crippen LogP contribution < -0.4 is 10.5 Å². The zero-order valence-corrected chi connectivity index (χ0v) is 10.4. The standard InChI is InChI=1S/C12H13ClN2O2/c1-3-9-11(17-12(14)15-9)8-6-7(13)4-5-10(8)16-2/h4-6H,3H2,1-2H3,(H2,14,15). The van der Waals surface area contributed by atoms with Crippen LogP contribution in [-0.4, -0.2) is 12.1 Å². The number of ether oxygens (including phenoxy) is 1. The van der Waals surface area contributed by atoms with Crippen LogP contribution in [0, 0.1) is 0 Å². The molecule has 0 spiro atoms. The van der Waals surface area contributed by atoms with Crippen molar-refractivity contribution in [2.75, 3.05) is 12.8 Å². The van der Waals surface area contributed by atoms with Gasteiger partial charge in [-0.05, 0) is 24.6 Å². The Kier molecular flexibility index (Phi) is 3.24. The number of rotatable bonds is 3. The first-order chi connectivity index (χ1) is 8.15. The van der Waals surface area contributed by atoms with Gasteiger partial charge in [0.25, 0.3) is 6.01 Å². The minimum absolute atomic E-state index is 0.152. The van der Waals surface area contributed by atoms with Gasteiger partial charge in [0.2, 0.25) is 0 Å². The highest BCUT2D eigenvalue weighted by atomic mass is 35.5. The van der Waals surface area contributed by atoms with E-state index in [1.54, 1.807) is 25.3 Å². The summed E-state index contributed by atoms with van der Waals surface area (Å²) in [5.74, 6) is 1.30. The lowest BCUT2D eigenvalue weighted by molar-refractivity contribution is 0.415. The molecule has 0 aliphatic heterocycles. The summed E-state index contributed by atoms with van der Waals surface area (Å²) in [5, 5.41) is 0.609. The van der Waals surface area contributed by atoms with Crippen LogP contribution in [-0.2, 0) is 6.42 Å². The molecule has 0 unspecified atom stereocenters. The number of anilines is 1. The molecule has 4 nitrogen and oxygen atoms in total. The Hall–Kier alpha value is -1.68. The van der Waals surface area contributed by atoms with Crippen molar-refractivity contribution in [2.24, 2.45) is 0 Å². The maximum atomic E-state index is 5.98. The molecule has 0 saturated carbocycles. The van der Waals surface area contributed by atoms with E-state index in [1.807, 2.05) is 6.92 Å². The Morgan fingerprint density at radius 2 is 2.24 bits per heavy atom. The lowest BCUT2D eigenvalue weighted by Gasteiger charge is -2.07. The van der Waals surface area contributed by atoms with Gasteiger partial charge in [-0.1, -0.05) is 18.5 Å². The number of oxazole rings is 1. The summed E-state index contributed by atoms with van der Waals surface area (Å²) in [6.07, 6.45) is 0.728. The van der Waals surface area contributed by atoms with Crippen LogP contribution in [0.4, 0.5) is 6.01 Å². The molecule has 0 aliphatic carbocycles. The van der Waals surface area contributed by atoms with E-state index in [-0.39, 0.29) is 6.01 Å². The van der Waals surface area contributed by atoms with Gasteiger partial charge < -0.3 is 14.9 Å². The van der Waals surface area contributed by atoms with Gasteiger partial charge in [0.15, 0.2) is 5.76 Å². The van der Waals surface area contributed by atoms with Crippen molar-refractivity contribution in [1.29, 1.82) is 0 Å². The van der Waals surface area contributed by atoms with E-state index in [1.165, 1.54) is 0 Å². The van der Waals surface area contributed by atoms with Crippen LogP contribution in [0.25, 0.3) is 11.3 Å². The average Bonchev–Trinajstić information content (AvgIpc) is 2.70. The normalized spacial score (nSPS) is 10.5. The predicted molar refractivity (Wildman–Crippen MR) is 67.3 cm³/mol. The summed E-state index contributed by atoms with van der Waals surface area (Å²) in [4.78, 5) is 4.12. The Bertz CT molecular complexity index is 537. The average molecular weight is 253 g/mol. The maximum absolute atomic E-state index is 5.98. The maximum Gasteiger partial charge on any atom is 0.292 e. The van der Waals surface area contributed by atoms with Gasteiger partial charge in [-0.25, -0.2) is 0 Å². The van der Waals surface area contributed by atoms with Crippen molar-refractivity contribution in [3.63, 3.8) is 0 Å². The number of nitrogen functional groups attached to an aromatic ring is 1. The molecule has 5 heteroatoms. The van der Waals surface area contributed by atoms with E-state index in [0.29, 0.717) is 16.5 Å². The van der Waals surface area contributed by atoms with Crippen molar-refractivity contribution in [2.45, 2.75) is 13.3 Å². The summed E-state index contributed by atoms with van der Waals surface area (Å²) in [6.45, 7) is 1.98. The SMILES string of the molecule is CCc1nc(N)oc1-c1cc(Cl)ccc1OC. The summed E-state index contributed by atoms with van der Waals surface area (Å²) >= 11 is 5.98. The molecule has 1 aromatic carbocycles. The zero-order chi connectivity index (χ0) is 12.4. The minimum Gasteiger partial charge on any atom is -0.496 e. The molecule has 17 heavy (non-hydrogen) atoms. The second-order valence-electron chi connectivity index (χ2n) is 3.53. The molecular weight excluding hydrogens is 240 g/mol. The minimum atomic E-state index is 0.152. The lowest BCUT2D eigenvalue weighted by atomic mass is 10.1. The van der Waals surface area contributed by atoms with Crippen LogP contribution in [0.3, 0.4) is 0 Å². The fraction of sp³-hybridized carbons (Fsp3) is 0.250. The largest absolute Gasteiger partial charge is 0.496 e. The Balaban J connectivity index is 2.61. The summed E-state index contributed by atoms with van der Waals surface area (Å²) in [7, 11) is 1.60. The summed E-state index contributed by atoms with van der Waals surface area (Å²) < 4.78 is 10.7. The van der Waals surface area contributed by atoms with Crippen LogP contribution in [0.1, 0.15) is 12.6 Å². The predicted octanol–water partition coefficient (Wildman–Crippen LogP) is 3.15. The molecule has 1 aromatic heterocycles. The van der Waals surface area contributed by atoms with Crippen LogP contribution in [0.15, 0.2) is 22.6 Å². The molecule has 0 radical (unpaired) electrons. The second-order valence-corrected chi connectivity index (χ2v) is 3.96. The number of aryl methyl sites for hydroxylation is 1. The molecule has 2 rings (SSSR count). The Morgan fingerprint density at radius 1 is 1.47 bits per heavy atom. The van der Waals surface area contributed by atoms with Crippen LogP contribution >= 0.6 is 11.6 Å². The molecule has 0 amide bonds. The first-order valence-corrected chi connectivity index (χ1v) is 5.62. The molecule has 0 fully saturated rings. The number of halogens is 1. The molecule has 2 N–H and O–H groups in total. The van der Waals surface area contributed by atoms with E-state index in [9.17, 15) is 0 Å². The van der Waals surface area contributed by atoms with Gasteiger partial charge in [0.1, 0.15) is 5.75 Å². The second kappa shape index (κ2) is 4.67. The van der Waals surface area contributed by atoms with Crippen molar-refractivity contribution < 1.29 is 9.15 Å². The van der Waals surface area contributed by atoms with Crippen molar-refractivity contribution in [3.05, 3.63) is 28.9 Å². The molecule has 90 valence electrons. The molecule has 0 bridgehead atoms. The van der Waals surface area contributed by atoms with Crippen LogP contribution in [0.5, 0.6) is 5.75 Å². The van der Waals surface area contributed by atoms with E-state index >= 15 is 0 Å². The number of benzene rings is 1. The van der Waals surface area contributed by atoms with E-state index < -0.39 is 0 Å². The van der Waals surface area contributed by atoms with Gasteiger partial charge in [-0.2, -0.15) is 4.98 Å². The van der Waals surface area contributed by atoms with E-state index in [4.69, 9.17) is 26.5 Å². The molecule has 1 heterocycles. The topological polar surface area (TPSA) is 61.3 Å². The zero-order valence-electron chi connectivity index (χ0n) is 9.66. The van der Waals surface area contributed by atoms with Gasteiger partial charge in [0, 0.05) is 5.02 Å². The van der Waals surface area contributed by atoms with Gasteiger partial charge in [-0.3, -0.25) is 0 Å². The van der Waals surface area contributed by atoms with Crippen molar-refractivity contribution >= 4 is 17.6 Å². The van der Waals surface area contributed by atoms with Gasteiger partial charge in [0.05, 0.1) is 18.4 Å². The first-order valence-electron chi connectivity index (χ1n) is 5.24. The highest BCUT2D eigenvalue weighted by molar-refractivity contribution is 6.30. The van der Waals surface area contributed by atoms with E-state index in [0.717, 1.165) is 17.7 Å². The van der Waals surface area contributed by atoms with E-state index in [2.05, 4.69) is 4.98 Å². The van der Waals surface area contributed by atoms with Gasteiger partial charge >= 0.3 is 0 Å². The smallest absolute Gasteiger partial charge is 0.292 e. The first kappa shape index (κ1) is 11.8. The summed E-state index contributed by atoms with van der Waals surface area (Å²) in [6, 6.07) is 5.48. The third-order valence-electron chi connectivity index (χ3n) is 2.45. The van der Waals surface area contributed by atoms with Crippen molar-refractivity contribution in [3.8, 4) is 17.1 Å². The lowest BCUT2D eigenvalue weighted by Crippen LogP contribution is -1.90. The quantitative estimate of drug-likeness (QED) is 0.912. The fourth-order valence-electron chi connectivity index (χ4n) is 1.68. The summed E-state index contributed by atoms with van der Waals surface area (Å²) in [5.41, 5.74) is 7.13. The molecule has 0 saturated heterocycles. The molecular formula is C12H13ClN2O2. The Labute approximate surface area is 104 Å². The highest BCUT2D eigenvalue weighted by Gasteiger charge is 2.16. The monoisotopic (exact) mass is 252 g/mol. The Morgan fingerprint density at radius 3 is 2.88 bits per heavy atom. The molecule has 0 atom stereocenters. The third kappa shape index (κ3) is 2.22. The number of nitrogens with two attached hydrogens (primary N) is 1. The third-order valence-corrected chi connectivity index (χ3v) is 2.69. The highest BCUT2D eigenvalue weighted by Crippen LogP contribution is 2.35. The number of methoxy groups -OCH3 is 1. The van der Waals surface area contributed by atoms with Crippen LogP contribution in [0.2, 0.25) is 5.02 Å². The number of hydrogen-bond donors (Lipinski definition) is 1. The van der Waals surface area contributed by atoms with Gasteiger partial charge in [-0.15, -0.1) is 0 Å². The molecule has 2 aromatic rings. The molecule has 0 aliphatic rings. The number of hydrogen-bond acceptors (Lipinski definition) is 4. The van der Waals surface area contributed by atoms with Crippen molar-refractivity contribution in [1.82, 2.24) is 4.98 Å². The fourth-order valence-corrected chi connectivity index (χ4v) is 1.85. The number of aromatic nitrogens is 1.